The van der Waals surface area contributed by atoms with Crippen LogP contribution in [0.4, 0.5) is 0 Å². The second-order valence-corrected chi connectivity index (χ2v) is 7.16. The van der Waals surface area contributed by atoms with E-state index in [-0.39, 0.29) is 24.1 Å². The molecule has 0 saturated heterocycles. The fourth-order valence-corrected chi connectivity index (χ4v) is 3.35. The average molecular weight is 295 g/mol. The Morgan fingerprint density at radius 2 is 1.85 bits per heavy atom. The molecule has 0 atom stereocenters. The van der Waals surface area contributed by atoms with Gasteiger partial charge in [0.1, 0.15) is 5.84 Å². The Morgan fingerprint density at radius 1 is 1.30 bits per heavy atom. The molecule has 0 amide bonds. The van der Waals surface area contributed by atoms with Crippen LogP contribution in [0.15, 0.2) is 34.2 Å². The number of aliphatic imine (C=N–C) groups is 1. The molecule has 6 heteroatoms. The number of nitrogens with one attached hydrogen (secondary N) is 1. The zero-order chi connectivity index (χ0) is 15.3. The molecule has 0 fully saturated rings. The van der Waals surface area contributed by atoms with Crippen LogP contribution in [0, 0.1) is 11.3 Å². The molecule has 0 saturated carbocycles. The summed E-state index contributed by atoms with van der Waals surface area (Å²) in [5.74, 6) is 0.239. The maximum Gasteiger partial charge on any atom is 0.178 e. The van der Waals surface area contributed by atoms with Gasteiger partial charge in [0.15, 0.2) is 9.84 Å². The highest BCUT2D eigenvalue weighted by atomic mass is 32.2. The highest BCUT2D eigenvalue weighted by Crippen LogP contribution is 2.15. The van der Waals surface area contributed by atoms with Gasteiger partial charge in [-0.15, -0.1) is 0 Å². The van der Waals surface area contributed by atoms with Gasteiger partial charge in [-0.1, -0.05) is 26.0 Å². The van der Waals surface area contributed by atoms with Crippen molar-refractivity contribution in [2.24, 2.45) is 16.6 Å². The molecule has 5 nitrogen and oxygen atoms in total. The predicted molar refractivity (Wildman–Crippen MR) is 82.3 cm³/mol. The minimum Gasteiger partial charge on any atom is -0.386 e. The van der Waals surface area contributed by atoms with Crippen molar-refractivity contribution in [3.05, 3.63) is 29.8 Å². The smallest absolute Gasteiger partial charge is 0.178 e. The standard InChI is InChI=1S/C14H21N3O2S/c1-10(2)9-20(18,19)13-6-4-12(5-7-13)11(3)17-8-14(15)16/h4-7,10H,8-9H2,1-3H3,(H3,15,16). The van der Waals surface area contributed by atoms with Gasteiger partial charge >= 0.3 is 0 Å². The lowest BCUT2D eigenvalue weighted by Crippen LogP contribution is -2.14. The highest BCUT2D eigenvalue weighted by Gasteiger charge is 2.16. The van der Waals surface area contributed by atoms with Crippen LogP contribution in [-0.4, -0.2) is 32.3 Å². The number of nitrogens with zero attached hydrogens (tertiary/aromatic N) is 1. The molecule has 1 aromatic carbocycles. The van der Waals surface area contributed by atoms with Crippen molar-refractivity contribution < 1.29 is 8.42 Å². The van der Waals surface area contributed by atoms with Crippen LogP contribution < -0.4 is 5.73 Å². The second-order valence-electron chi connectivity index (χ2n) is 5.13. The first-order valence-electron chi connectivity index (χ1n) is 6.39. The first-order chi connectivity index (χ1) is 9.22. The summed E-state index contributed by atoms with van der Waals surface area (Å²) in [6.45, 7) is 5.72. The molecule has 1 aromatic rings. The third-order valence-electron chi connectivity index (χ3n) is 2.67. The lowest BCUT2D eigenvalue weighted by molar-refractivity contribution is 0.582. The van der Waals surface area contributed by atoms with Crippen molar-refractivity contribution >= 4 is 21.4 Å². The van der Waals surface area contributed by atoms with Gasteiger partial charge in [0.25, 0.3) is 0 Å². The lowest BCUT2D eigenvalue weighted by Gasteiger charge is -2.08. The first kappa shape index (κ1) is 16.4. The quantitative estimate of drug-likeness (QED) is 0.619. The van der Waals surface area contributed by atoms with Gasteiger partial charge in [-0.05, 0) is 30.5 Å². The fourth-order valence-electron chi connectivity index (χ4n) is 1.73. The number of hydrogen-bond acceptors (Lipinski definition) is 4. The predicted octanol–water partition coefficient (Wildman–Crippen LogP) is 1.86. The van der Waals surface area contributed by atoms with E-state index >= 15 is 0 Å². The van der Waals surface area contributed by atoms with Crippen molar-refractivity contribution in [3.63, 3.8) is 0 Å². The summed E-state index contributed by atoms with van der Waals surface area (Å²) >= 11 is 0. The SMILES string of the molecule is CC(=NCC(=N)N)c1ccc(S(=O)(=O)CC(C)C)cc1. The number of benzene rings is 1. The molecule has 0 heterocycles. The van der Waals surface area contributed by atoms with Gasteiger partial charge in [0.05, 0.1) is 17.2 Å². The molecular weight excluding hydrogens is 274 g/mol. The molecule has 110 valence electrons. The maximum absolute atomic E-state index is 12.1. The van der Waals surface area contributed by atoms with E-state index in [2.05, 4.69) is 4.99 Å². The fraction of sp³-hybridized carbons (Fsp3) is 0.429. The van der Waals surface area contributed by atoms with Crippen molar-refractivity contribution in [2.75, 3.05) is 12.3 Å². The summed E-state index contributed by atoms with van der Waals surface area (Å²) in [6.07, 6.45) is 0. The number of nitrogens with two attached hydrogens (primary N) is 1. The molecule has 3 N–H and O–H groups in total. The van der Waals surface area contributed by atoms with E-state index in [1.54, 1.807) is 31.2 Å². The van der Waals surface area contributed by atoms with Gasteiger partial charge in [-0.25, -0.2) is 8.42 Å². The summed E-state index contributed by atoms with van der Waals surface area (Å²) in [5, 5.41) is 7.12. The van der Waals surface area contributed by atoms with E-state index in [9.17, 15) is 8.42 Å². The lowest BCUT2D eigenvalue weighted by atomic mass is 10.1. The monoisotopic (exact) mass is 295 g/mol. The van der Waals surface area contributed by atoms with E-state index in [0.717, 1.165) is 11.3 Å². The number of sulfone groups is 1. The van der Waals surface area contributed by atoms with E-state index in [1.165, 1.54) is 0 Å². The maximum atomic E-state index is 12.1. The third-order valence-corrected chi connectivity index (χ3v) is 4.77. The number of hydrogen-bond donors (Lipinski definition) is 2. The van der Waals surface area contributed by atoms with Crippen molar-refractivity contribution in [2.45, 2.75) is 25.7 Å². The average Bonchev–Trinajstić information content (AvgIpc) is 2.34. The zero-order valence-corrected chi connectivity index (χ0v) is 12.9. The van der Waals surface area contributed by atoms with Crippen LogP contribution in [-0.2, 0) is 9.84 Å². The van der Waals surface area contributed by atoms with Crippen LogP contribution in [0.5, 0.6) is 0 Å². The van der Waals surface area contributed by atoms with Crippen LogP contribution in [0.3, 0.4) is 0 Å². The highest BCUT2D eigenvalue weighted by molar-refractivity contribution is 7.91. The zero-order valence-electron chi connectivity index (χ0n) is 12.1. The number of rotatable bonds is 6. The van der Waals surface area contributed by atoms with Crippen LogP contribution in [0.2, 0.25) is 0 Å². The molecule has 1 rings (SSSR count). The molecule has 0 bridgehead atoms. The van der Waals surface area contributed by atoms with E-state index < -0.39 is 9.84 Å². The van der Waals surface area contributed by atoms with Crippen LogP contribution in [0.1, 0.15) is 26.3 Å². The van der Waals surface area contributed by atoms with Crippen molar-refractivity contribution in [1.82, 2.24) is 0 Å². The molecule has 0 spiro atoms. The van der Waals surface area contributed by atoms with E-state index in [1.807, 2.05) is 13.8 Å². The minimum absolute atomic E-state index is 0.000446. The molecule has 0 aromatic heterocycles. The minimum atomic E-state index is -3.22. The molecule has 0 aliphatic rings. The van der Waals surface area contributed by atoms with Crippen molar-refractivity contribution in [3.8, 4) is 0 Å². The molecule has 0 unspecified atom stereocenters. The van der Waals surface area contributed by atoms with E-state index in [0.29, 0.717) is 4.90 Å². The molecule has 0 radical (unpaired) electrons. The Morgan fingerprint density at radius 3 is 2.30 bits per heavy atom. The molecule has 20 heavy (non-hydrogen) atoms. The number of amidine groups is 1. The second kappa shape index (κ2) is 6.65. The van der Waals surface area contributed by atoms with Gasteiger partial charge in [0, 0.05) is 5.71 Å². The summed E-state index contributed by atoms with van der Waals surface area (Å²) in [7, 11) is -3.22. The third kappa shape index (κ3) is 4.77. The Balaban J connectivity index is 2.94. The molecule has 0 aliphatic heterocycles. The normalized spacial score (nSPS) is 12.7. The Bertz CT molecular complexity index is 602. The van der Waals surface area contributed by atoms with Gasteiger partial charge < -0.3 is 5.73 Å². The van der Waals surface area contributed by atoms with Gasteiger partial charge in [-0.2, -0.15) is 0 Å². The van der Waals surface area contributed by atoms with Gasteiger partial charge in [0.2, 0.25) is 0 Å². The summed E-state index contributed by atoms with van der Waals surface area (Å²) < 4.78 is 24.1. The van der Waals surface area contributed by atoms with Crippen molar-refractivity contribution in [1.29, 1.82) is 5.41 Å². The summed E-state index contributed by atoms with van der Waals surface area (Å²) in [5.41, 5.74) is 6.80. The molecular formula is C14H21N3O2S. The van der Waals surface area contributed by atoms with Crippen LogP contribution >= 0.6 is 0 Å². The summed E-state index contributed by atoms with van der Waals surface area (Å²) in [6, 6.07) is 6.65. The summed E-state index contributed by atoms with van der Waals surface area (Å²) in [4.78, 5) is 4.48. The Hall–Kier alpha value is -1.69. The Kier molecular flexibility index (Phi) is 5.44. The van der Waals surface area contributed by atoms with E-state index in [4.69, 9.17) is 11.1 Å². The largest absolute Gasteiger partial charge is 0.386 e. The van der Waals surface area contributed by atoms with Crippen LogP contribution in [0.25, 0.3) is 0 Å². The molecule has 0 aliphatic carbocycles. The van der Waals surface area contributed by atoms with Gasteiger partial charge in [-0.3, -0.25) is 10.4 Å². The topological polar surface area (TPSA) is 96.4 Å². The Labute approximate surface area is 120 Å². The first-order valence-corrected chi connectivity index (χ1v) is 8.04.